The fraction of sp³-hybridized carbons (Fsp3) is 0.471. The van der Waals surface area contributed by atoms with Crippen molar-refractivity contribution in [1.82, 2.24) is 13.9 Å². The van der Waals surface area contributed by atoms with Gasteiger partial charge in [-0.3, -0.25) is 0 Å². The van der Waals surface area contributed by atoms with Crippen LogP contribution in [0, 0.1) is 6.92 Å². The lowest BCUT2D eigenvalue weighted by Crippen LogP contribution is -2.29. The van der Waals surface area contributed by atoms with Crippen molar-refractivity contribution >= 4 is 10.0 Å². The van der Waals surface area contributed by atoms with E-state index in [4.69, 9.17) is 0 Å². The predicted molar refractivity (Wildman–Crippen MR) is 87.8 cm³/mol. The number of hydrogen-bond donors (Lipinski definition) is 0. The summed E-state index contributed by atoms with van der Waals surface area (Å²) < 4.78 is 29.4. The molecule has 0 amide bonds. The molecule has 1 unspecified atom stereocenters. The summed E-state index contributed by atoms with van der Waals surface area (Å²) in [5.74, 6) is 1.72. The number of nitrogens with zero attached hydrogens (tertiary/aromatic N) is 3. The molecule has 5 nitrogen and oxygen atoms in total. The Morgan fingerprint density at radius 2 is 1.87 bits per heavy atom. The average molecular weight is 331 g/mol. The molecule has 0 N–H and O–H groups in total. The normalized spacial score (nSPS) is 22.6. The summed E-state index contributed by atoms with van der Waals surface area (Å²) in [7, 11) is -3.39. The molecule has 6 heteroatoms. The van der Waals surface area contributed by atoms with E-state index in [2.05, 4.69) is 16.5 Å². The average Bonchev–Trinajstić information content (AvgIpc) is 3.15. The van der Waals surface area contributed by atoms with Crippen LogP contribution in [0.2, 0.25) is 0 Å². The zero-order chi connectivity index (χ0) is 16.0. The van der Waals surface area contributed by atoms with Gasteiger partial charge in [0.05, 0.1) is 10.9 Å². The van der Waals surface area contributed by atoms with E-state index in [0.29, 0.717) is 23.9 Å². The molecule has 1 saturated heterocycles. The molecule has 0 bridgehead atoms. The first kappa shape index (κ1) is 14.9. The standard InChI is InChI=1S/C17H21N3O2S/c1-13-11-18-17(14-7-8-14)20(13)15-9-10-19(12-15)23(21,22)16-5-3-2-4-6-16/h2-6,11,14-15H,7-10,12H2,1H3. The van der Waals surface area contributed by atoms with Gasteiger partial charge in [-0.15, -0.1) is 0 Å². The maximum Gasteiger partial charge on any atom is 0.243 e. The zero-order valence-corrected chi connectivity index (χ0v) is 14.0. The molecule has 1 aromatic carbocycles. The van der Waals surface area contributed by atoms with Crippen molar-refractivity contribution < 1.29 is 8.42 Å². The minimum Gasteiger partial charge on any atom is -0.328 e. The van der Waals surface area contributed by atoms with Gasteiger partial charge in [0.15, 0.2) is 0 Å². The van der Waals surface area contributed by atoms with Crippen LogP contribution in [0.25, 0.3) is 0 Å². The Hall–Kier alpha value is -1.66. The maximum absolute atomic E-state index is 12.8. The van der Waals surface area contributed by atoms with Crippen molar-refractivity contribution in [2.24, 2.45) is 0 Å². The smallest absolute Gasteiger partial charge is 0.243 e. The number of aryl methyl sites for hydroxylation is 1. The summed E-state index contributed by atoms with van der Waals surface area (Å²) in [6.07, 6.45) is 5.18. The van der Waals surface area contributed by atoms with Gasteiger partial charge in [0.25, 0.3) is 0 Å². The van der Waals surface area contributed by atoms with E-state index in [1.807, 2.05) is 12.3 Å². The fourth-order valence-electron chi connectivity index (χ4n) is 3.46. The summed E-state index contributed by atoms with van der Waals surface area (Å²) in [5.41, 5.74) is 1.14. The highest BCUT2D eigenvalue weighted by Crippen LogP contribution is 2.41. The van der Waals surface area contributed by atoms with Crippen molar-refractivity contribution in [2.45, 2.75) is 43.0 Å². The van der Waals surface area contributed by atoms with Crippen LogP contribution in [0.3, 0.4) is 0 Å². The highest BCUT2D eigenvalue weighted by molar-refractivity contribution is 7.89. The number of sulfonamides is 1. The van der Waals surface area contributed by atoms with E-state index in [0.717, 1.165) is 17.9 Å². The maximum atomic E-state index is 12.8. The molecular weight excluding hydrogens is 310 g/mol. The van der Waals surface area contributed by atoms with Gasteiger partial charge in [-0.2, -0.15) is 4.31 Å². The molecule has 1 aromatic heterocycles. The summed E-state index contributed by atoms with van der Waals surface area (Å²) in [4.78, 5) is 4.94. The minimum absolute atomic E-state index is 0.201. The molecule has 122 valence electrons. The van der Waals surface area contributed by atoms with Gasteiger partial charge < -0.3 is 4.57 Å². The number of hydrogen-bond acceptors (Lipinski definition) is 3. The molecule has 23 heavy (non-hydrogen) atoms. The van der Waals surface area contributed by atoms with Crippen LogP contribution in [0.1, 0.15) is 42.7 Å². The summed E-state index contributed by atoms with van der Waals surface area (Å²) >= 11 is 0. The van der Waals surface area contributed by atoms with Crippen LogP contribution in [0.5, 0.6) is 0 Å². The highest BCUT2D eigenvalue weighted by atomic mass is 32.2. The third-order valence-corrected chi connectivity index (χ3v) is 6.70. The van der Waals surface area contributed by atoms with E-state index >= 15 is 0 Å². The molecule has 1 saturated carbocycles. The second-order valence-corrected chi connectivity index (χ2v) is 8.46. The molecule has 4 rings (SSSR count). The van der Waals surface area contributed by atoms with Gasteiger partial charge >= 0.3 is 0 Å². The lowest BCUT2D eigenvalue weighted by molar-refractivity contribution is 0.443. The summed E-state index contributed by atoms with van der Waals surface area (Å²) in [5, 5.41) is 0. The van der Waals surface area contributed by atoms with Crippen LogP contribution in [-0.4, -0.2) is 35.4 Å². The third kappa shape index (κ3) is 2.60. The van der Waals surface area contributed by atoms with Crippen molar-refractivity contribution in [1.29, 1.82) is 0 Å². The molecule has 2 aliphatic rings. The first-order chi connectivity index (χ1) is 11.1. The number of imidazole rings is 1. The molecular formula is C17H21N3O2S. The SMILES string of the molecule is Cc1cnc(C2CC2)n1C1CCN(S(=O)(=O)c2ccccc2)C1. The van der Waals surface area contributed by atoms with Crippen molar-refractivity contribution in [3.63, 3.8) is 0 Å². The predicted octanol–water partition coefficient (Wildman–Crippen LogP) is 2.70. The fourth-order valence-corrected chi connectivity index (χ4v) is 4.98. The Morgan fingerprint density at radius 3 is 2.57 bits per heavy atom. The Balaban J connectivity index is 1.59. The molecule has 1 aliphatic heterocycles. The number of rotatable bonds is 4. The van der Waals surface area contributed by atoms with Crippen molar-refractivity contribution in [3.05, 3.63) is 48.0 Å². The van der Waals surface area contributed by atoms with Crippen LogP contribution < -0.4 is 0 Å². The van der Waals surface area contributed by atoms with Gasteiger partial charge in [0.2, 0.25) is 10.0 Å². The second kappa shape index (κ2) is 5.46. The van der Waals surface area contributed by atoms with E-state index < -0.39 is 10.0 Å². The molecule has 0 radical (unpaired) electrons. The van der Waals surface area contributed by atoms with E-state index in [1.165, 1.54) is 12.8 Å². The van der Waals surface area contributed by atoms with Crippen LogP contribution >= 0.6 is 0 Å². The van der Waals surface area contributed by atoms with Gasteiger partial charge in [-0.25, -0.2) is 13.4 Å². The molecule has 2 aromatic rings. The molecule has 1 atom stereocenters. The van der Waals surface area contributed by atoms with Gasteiger partial charge in [-0.1, -0.05) is 18.2 Å². The number of benzene rings is 1. The van der Waals surface area contributed by atoms with Crippen LogP contribution in [-0.2, 0) is 10.0 Å². The molecule has 2 heterocycles. The van der Waals surface area contributed by atoms with Crippen LogP contribution in [0.15, 0.2) is 41.4 Å². The molecule has 0 spiro atoms. The van der Waals surface area contributed by atoms with Gasteiger partial charge in [0, 0.05) is 30.9 Å². The van der Waals surface area contributed by atoms with E-state index in [9.17, 15) is 8.42 Å². The largest absolute Gasteiger partial charge is 0.328 e. The second-order valence-electron chi connectivity index (χ2n) is 6.52. The van der Waals surface area contributed by atoms with Gasteiger partial charge in [-0.05, 0) is 38.3 Å². The third-order valence-electron chi connectivity index (χ3n) is 4.83. The minimum atomic E-state index is -3.39. The Morgan fingerprint density at radius 1 is 1.13 bits per heavy atom. The first-order valence-corrected chi connectivity index (χ1v) is 9.60. The summed E-state index contributed by atoms with van der Waals surface area (Å²) in [6, 6.07) is 8.91. The zero-order valence-electron chi connectivity index (χ0n) is 13.2. The molecule has 2 fully saturated rings. The summed E-state index contributed by atoms with van der Waals surface area (Å²) in [6.45, 7) is 3.17. The number of aromatic nitrogens is 2. The monoisotopic (exact) mass is 331 g/mol. The van der Waals surface area contributed by atoms with E-state index in [1.54, 1.807) is 28.6 Å². The van der Waals surface area contributed by atoms with Crippen LogP contribution in [0.4, 0.5) is 0 Å². The van der Waals surface area contributed by atoms with Gasteiger partial charge in [0.1, 0.15) is 5.82 Å². The van der Waals surface area contributed by atoms with Crippen molar-refractivity contribution in [3.8, 4) is 0 Å². The topological polar surface area (TPSA) is 55.2 Å². The lowest BCUT2D eigenvalue weighted by Gasteiger charge is -2.19. The lowest BCUT2D eigenvalue weighted by atomic mass is 10.2. The molecule has 1 aliphatic carbocycles. The Labute approximate surface area is 137 Å². The van der Waals surface area contributed by atoms with E-state index in [-0.39, 0.29) is 6.04 Å². The van der Waals surface area contributed by atoms with Crippen molar-refractivity contribution in [2.75, 3.05) is 13.1 Å². The Kier molecular flexibility index (Phi) is 3.54. The Bertz CT molecular complexity index is 810. The highest BCUT2D eigenvalue weighted by Gasteiger charge is 2.37. The first-order valence-electron chi connectivity index (χ1n) is 8.16. The quantitative estimate of drug-likeness (QED) is 0.865.